The molecule has 0 bridgehead atoms. The van der Waals surface area contributed by atoms with Crippen LogP contribution in [-0.2, 0) is 23.9 Å². The van der Waals surface area contributed by atoms with Gasteiger partial charge >= 0.3 is 6.18 Å². The largest absolute Gasteiger partial charge is 0.508 e. The van der Waals surface area contributed by atoms with E-state index in [1.807, 2.05) is 18.2 Å². The molecule has 6 nitrogen and oxygen atoms in total. The van der Waals surface area contributed by atoms with Crippen molar-refractivity contribution in [3.8, 4) is 5.75 Å². The van der Waals surface area contributed by atoms with E-state index >= 15 is 0 Å². The fraction of sp³-hybridized carbons (Fsp3) is 0.346. The topological polar surface area (TPSA) is 75.4 Å². The molecule has 184 valence electrons. The van der Waals surface area contributed by atoms with Crippen molar-refractivity contribution in [1.82, 2.24) is 14.5 Å². The van der Waals surface area contributed by atoms with Gasteiger partial charge in [-0.05, 0) is 55.7 Å². The van der Waals surface area contributed by atoms with Gasteiger partial charge in [0.1, 0.15) is 5.75 Å². The maximum absolute atomic E-state index is 13.0. The van der Waals surface area contributed by atoms with E-state index in [0.29, 0.717) is 24.4 Å². The summed E-state index contributed by atoms with van der Waals surface area (Å²) < 4.78 is 39.9. The number of hydrogen-bond donors (Lipinski definition) is 1. The van der Waals surface area contributed by atoms with Crippen molar-refractivity contribution in [2.24, 2.45) is 0 Å². The molecular formula is C26H26F3N3O3. The highest BCUT2D eigenvalue weighted by Crippen LogP contribution is 2.32. The van der Waals surface area contributed by atoms with Gasteiger partial charge in [-0.1, -0.05) is 18.2 Å². The molecule has 1 N–H and O–H groups in total. The fourth-order valence-corrected chi connectivity index (χ4v) is 4.53. The quantitative estimate of drug-likeness (QED) is 0.553. The number of nitrogens with zero attached hydrogens (tertiary/aromatic N) is 3. The molecule has 1 aromatic carbocycles. The van der Waals surface area contributed by atoms with Crippen LogP contribution in [0.4, 0.5) is 13.2 Å². The van der Waals surface area contributed by atoms with E-state index in [1.165, 1.54) is 22.8 Å². The Morgan fingerprint density at radius 2 is 1.89 bits per heavy atom. The predicted molar refractivity (Wildman–Crippen MR) is 124 cm³/mol. The zero-order valence-corrected chi connectivity index (χ0v) is 19.3. The zero-order chi connectivity index (χ0) is 25.2. The highest BCUT2D eigenvalue weighted by Gasteiger charge is 2.31. The van der Waals surface area contributed by atoms with Gasteiger partial charge in [-0.25, -0.2) is 0 Å². The maximum Gasteiger partial charge on any atom is 0.416 e. The van der Waals surface area contributed by atoms with E-state index in [9.17, 15) is 27.9 Å². The molecule has 1 atom stereocenters. The van der Waals surface area contributed by atoms with Crippen LogP contribution in [0.25, 0.3) is 0 Å². The van der Waals surface area contributed by atoms with Crippen molar-refractivity contribution < 1.29 is 23.1 Å². The van der Waals surface area contributed by atoms with Gasteiger partial charge in [0.25, 0.3) is 5.56 Å². The monoisotopic (exact) mass is 485 g/mol. The molecule has 1 aliphatic heterocycles. The van der Waals surface area contributed by atoms with E-state index in [2.05, 4.69) is 0 Å². The number of hydrogen-bond acceptors (Lipinski definition) is 4. The molecule has 4 rings (SSSR count). The number of pyridine rings is 2. The molecular weight excluding hydrogens is 459 g/mol. The Balaban J connectivity index is 1.44. The SMILES string of the molecule is Cc1cc(O)cc(=O)n1CCC(=O)N1CCCC1c1cccc(Cc2ccc(C(F)(F)F)cc2)n1. The number of likely N-dealkylation sites (tertiary alicyclic amines) is 1. The van der Waals surface area contributed by atoms with Crippen LogP contribution in [0.2, 0.25) is 0 Å². The third-order valence-corrected chi connectivity index (χ3v) is 6.28. The lowest BCUT2D eigenvalue weighted by molar-refractivity contribution is -0.137. The van der Waals surface area contributed by atoms with Crippen LogP contribution in [0, 0.1) is 6.92 Å². The summed E-state index contributed by atoms with van der Waals surface area (Å²) >= 11 is 0. The standard InChI is InChI=1S/C26H26F3N3O3/c1-17-14-21(33)16-25(35)31(17)13-11-24(34)32-12-3-6-23(32)22-5-2-4-20(30-22)15-18-7-9-19(10-8-18)26(27,28)29/h2,4-5,7-10,14,16,23,33H,3,6,11-13,15H2,1H3. The van der Waals surface area contributed by atoms with Gasteiger partial charge in [0.05, 0.1) is 17.3 Å². The first-order valence-electron chi connectivity index (χ1n) is 11.4. The number of alkyl halides is 3. The minimum absolute atomic E-state index is 0.0817. The minimum atomic E-state index is -4.37. The number of benzene rings is 1. The number of amides is 1. The Labute approximate surface area is 200 Å². The van der Waals surface area contributed by atoms with Crippen molar-refractivity contribution in [2.75, 3.05) is 6.54 Å². The van der Waals surface area contributed by atoms with Gasteiger partial charge in [-0.3, -0.25) is 14.6 Å². The third-order valence-electron chi connectivity index (χ3n) is 6.28. The Bertz CT molecular complexity index is 1270. The highest BCUT2D eigenvalue weighted by atomic mass is 19.4. The van der Waals surface area contributed by atoms with Crippen molar-refractivity contribution in [3.05, 3.63) is 93.2 Å². The molecule has 0 spiro atoms. The van der Waals surface area contributed by atoms with E-state index in [-0.39, 0.29) is 36.2 Å². The number of aryl methyl sites for hydroxylation is 1. The van der Waals surface area contributed by atoms with Crippen LogP contribution in [-0.4, -0.2) is 32.0 Å². The van der Waals surface area contributed by atoms with Crippen molar-refractivity contribution in [3.63, 3.8) is 0 Å². The summed E-state index contributed by atoms with van der Waals surface area (Å²) in [5, 5.41) is 9.55. The van der Waals surface area contributed by atoms with Crippen LogP contribution in [0.5, 0.6) is 5.75 Å². The molecule has 1 aliphatic rings. The number of carbonyl (C=O) groups is 1. The van der Waals surface area contributed by atoms with Gasteiger partial charge in [0.15, 0.2) is 0 Å². The van der Waals surface area contributed by atoms with Crippen LogP contribution in [0.1, 0.15) is 53.5 Å². The summed E-state index contributed by atoms with van der Waals surface area (Å²) in [5.74, 6) is -0.182. The normalized spacial score (nSPS) is 16.0. The van der Waals surface area contributed by atoms with E-state index in [0.717, 1.165) is 42.3 Å². The zero-order valence-electron chi connectivity index (χ0n) is 19.3. The number of aromatic hydroxyl groups is 1. The number of rotatable bonds is 6. The molecule has 9 heteroatoms. The molecule has 35 heavy (non-hydrogen) atoms. The van der Waals surface area contributed by atoms with Gasteiger partial charge in [0, 0.05) is 43.4 Å². The Morgan fingerprint density at radius 3 is 2.57 bits per heavy atom. The number of carbonyl (C=O) groups excluding carboxylic acids is 1. The lowest BCUT2D eigenvalue weighted by atomic mass is 10.1. The Kier molecular flexibility index (Phi) is 6.95. The predicted octanol–water partition coefficient (Wildman–Crippen LogP) is 4.62. The van der Waals surface area contributed by atoms with Gasteiger partial charge < -0.3 is 14.6 Å². The lowest BCUT2D eigenvalue weighted by Crippen LogP contribution is -2.33. The summed E-state index contributed by atoms with van der Waals surface area (Å²) in [7, 11) is 0. The van der Waals surface area contributed by atoms with E-state index < -0.39 is 11.7 Å². The van der Waals surface area contributed by atoms with Crippen LogP contribution in [0.15, 0.2) is 59.4 Å². The number of aromatic nitrogens is 2. The van der Waals surface area contributed by atoms with Crippen LogP contribution < -0.4 is 5.56 Å². The first kappa shape index (κ1) is 24.5. The average molecular weight is 486 g/mol. The first-order chi connectivity index (χ1) is 16.6. The second kappa shape index (κ2) is 9.93. The number of halogens is 3. The summed E-state index contributed by atoms with van der Waals surface area (Å²) in [5.41, 5.74) is 1.72. The first-order valence-corrected chi connectivity index (χ1v) is 11.4. The minimum Gasteiger partial charge on any atom is -0.508 e. The molecule has 3 aromatic rings. The molecule has 0 radical (unpaired) electrons. The summed E-state index contributed by atoms with van der Waals surface area (Å²) in [6.07, 6.45) is -2.24. The van der Waals surface area contributed by atoms with Crippen LogP contribution in [0.3, 0.4) is 0 Å². The van der Waals surface area contributed by atoms with Crippen molar-refractivity contribution >= 4 is 5.91 Å². The molecule has 1 amide bonds. The van der Waals surface area contributed by atoms with Crippen molar-refractivity contribution in [1.29, 1.82) is 0 Å². The Hall–Kier alpha value is -3.62. The maximum atomic E-state index is 13.0. The van der Waals surface area contributed by atoms with E-state index in [4.69, 9.17) is 4.98 Å². The highest BCUT2D eigenvalue weighted by molar-refractivity contribution is 5.77. The van der Waals surface area contributed by atoms with Gasteiger partial charge in [-0.15, -0.1) is 0 Å². The summed E-state index contributed by atoms with van der Waals surface area (Å²) in [6, 6.07) is 13.0. The molecule has 1 fully saturated rings. The second-order valence-corrected chi connectivity index (χ2v) is 8.77. The van der Waals surface area contributed by atoms with Gasteiger partial charge in [-0.2, -0.15) is 13.2 Å². The molecule has 3 heterocycles. The molecule has 0 saturated carbocycles. The molecule has 2 aromatic heterocycles. The molecule has 1 unspecified atom stereocenters. The van der Waals surface area contributed by atoms with Crippen molar-refractivity contribution in [2.45, 2.75) is 51.4 Å². The summed E-state index contributed by atoms with van der Waals surface area (Å²) in [6.45, 7) is 2.52. The van der Waals surface area contributed by atoms with Gasteiger partial charge in [0.2, 0.25) is 5.91 Å². The third kappa shape index (κ3) is 5.72. The smallest absolute Gasteiger partial charge is 0.416 e. The van der Waals surface area contributed by atoms with Crippen LogP contribution >= 0.6 is 0 Å². The second-order valence-electron chi connectivity index (χ2n) is 8.77. The fourth-order valence-electron chi connectivity index (χ4n) is 4.53. The molecule has 1 saturated heterocycles. The van der Waals surface area contributed by atoms with E-state index in [1.54, 1.807) is 11.8 Å². The average Bonchev–Trinajstić information content (AvgIpc) is 3.28. The molecule has 0 aliphatic carbocycles. The Morgan fingerprint density at radius 1 is 1.14 bits per heavy atom. The lowest BCUT2D eigenvalue weighted by Gasteiger charge is -2.25. The summed E-state index contributed by atoms with van der Waals surface area (Å²) in [4.78, 5) is 31.7.